The SMILES string of the molecule is CCCCc1cc(F)c(C#C[C@H]2CC[C@H](CCC)CC2)c(F)c1. The Bertz CT molecular complexity index is 534. The van der Waals surface area contributed by atoms with E-state index in [1.54, 1.807) is 0 Å². The Labute approximate surface area is 139 Å². The minimum absolute atomic E-state index is 0.0547. The molecule has 0 saturated heterocycles. The van der Waals surface area contributed by atoms with Crippen LogP contribution in [-0.4, -0.2) is 0 Å². The number of benzene rings is 1. The molecule has 0 atom stereocenters. The van der Waals surface area contributed by atoms with Gasteiger partial charge in [0.1, 0.15) is 11.6 Å². The fraction of sp³-hybridized carbons (Fsp3) is 0.619. The average molecular weight is 318 g/mol. The zero-order valence-electron chi connectivity index (χ0n) is 14.4. The maximum Gasteiger partial charge on any atom is 0.142 e. The normalized spacial score (nSPS) is 20.9. The smallest absolute Gasteiger partial charge is 0.142 e. The van der Waals surface area contributed by atoms with Gasteiger partial charge in [-0.2, -0.15) is 0 Å². The summed E-state index contributed by atoms with van der Waals surface area (Å²) in [5, 5.41) is 0. The fourth-order valence-corrected chi connectivity index (χ4v) is 3.45. The molecule has 1 fully saturated rings. The average Bonchev–Trinajstić information content (AvgIpc) is 2.54. The van der Waals surface area contributed by atoms with E-state index in [1.807, 2.05) is 0 Å². The molecule has 1 aliphatic carbocycles. The summed E-state index contributed by atoms with van der Waals surface area (Å²) in [4.78, 5) is 0. The number of hydrogen-bond acceptors (Lipinski definition) is 0. The maximum absolute atomic E-state index is 14.1. The Morgan fingerprint density at radius 1 is 1.00 bits per heavy atom. The number of rotatable bonds is 5. The Balaban J connectivity index is 2.01. The van der Waals surface area contributed by atoms with E-state index in [1.165, 1.54) is 37.8 Å². The highest BCUT2D eigenvalue weighted by molar-refractivity contribution is 5.39. The fourth-order valence-electron chi connectivity index (χ4n) is 3.45. The van der Waals surface area contributed by atoms with Crippen LogP contribution in [0.3, 0.4) is 0 Å². The van der Waals surface area contributed by atoms with E-state index in [0.717, 1.165) is 43.6 Å². The largest absolute Gasteiger partial charge is 0.206 e. The third-order valence-corrected chi connectivity index (χ3v) is 4.87. The van der Waals surface area contributed by atoms with Crippen LogP contribution in [0.5, 0.6) is 0 Å². The molecule has 1 aromatic carbocycles. The first-order valence-corrected chi connectivity index (χ1v) is 9.13. The molecule has 1 saturated carbocycles. The van der Waals surface area contributed by atoms with E-state index in [0.29, 0.717) is 5.92 Å². The first kappa shape index (κ1) is 18.0. The summed E-state index contributed by atoms with van der Waals surface area (Å²) in [7, 11) is 0. The summed E-state index contributed by atoms with van der Waals surface area (Å²) in [6, 6.07) is 2.89. The van der Waals surface area contributed by atoms with Gasteiger partial charge >= 0.3 is 0 Å². The van der Waals surface area contributed by atoms with Gasteiger partial charge < -0.3 is 0 Å². The molecule has 126 valence electrons. The van der Waals surface area contributed by atoms with Crippen LogP contribution in [0.2, 0.25) is 0 Å². The van der Waals surface area contributed by atoms with Crippen molar-refractivity contribution in [1.82, 2.24) is 0 Å². The predicted molar refractivity (Wildman–Crippen MR) is 92.2 cm³/mol. The van der Waals surface area contributed by atoms with Crippen LogP contribution in [-0.2, 0) is 6.42 Å². The van der Waals surface area contributed by atoms with E-state index in [2.05, 4.69) is 25.7 Å². The monoisotopic (exact) mass is 318 g/mol. The van der Waals surface area contributed by atoms with Crippen LogP contribution >= 0.6 is 0 Å². The van der Waals surface area contributed by atoms with E-state index in [-0.39, 0.29) is 5.56 Å². The van der Waals surface area contributed by atoms with Gasteiger partial charge in [0.15, 0.2) is 0 Å². The minimum atomic E-state index is -0.511. The standard InChI is InChI=1S/C21H28F2/c1-3-5-7-18-14-20(22)19(21(23)15-18)13-12-17-10-8-16(6-4-2)9-11-17/h14-17H,3-11H2,1-2H3/t16-,17-. The van der Waals surface area contributed by atoms with Gasteiger partial charge in [0.05, 0.1) is 5.56 Å². The van der Waals surface area contributed by atoms with E-state index >= 15 is 0 Å². The molecule has 0 aromatic heterocycles. The molecule has 1 aliphatic rings. The van der Waals surface area contributed by atoms with Gasteiger partial charge in [-0.3, -0.25) is 0 Å². The Hall–Kier alpha value is -1.36. The summed E-state index contributed by atoms with van der Waals surface area (Å²) in [5.41, 5.74) is 0.674. The minimum Gasteiger partial charge on any atom is -0.206 e. The molecule has 0 spiro atoms. The lowest BCUT2D eigenvalue weighted by atomic mass is 9.80. The highest BCUT2D eigenvalue weighted by atomic mass is 19.1. The lowest BCUT2D eigenvalue weighted by molar-refractivity contribution is 0.300. The van der Waals surface area contributed by atoms with Gasteiger partial charge in [-0.15, -0.1) is 0 Å². The number of aryl methyl sites for hydroxylation is 1. The van der Waals surface area contributed by atoms with Crippen molar-refractivity contribution < 1.29 is 8.78 Å². The summed E-state index contributed by atoms with van der Waals surface area (Å²) >= 11 is 0. The van der Waals surface area contributed by atoms with Crippen LogP contribution in [0.25, 0.3) is 0 Å². The highest BCUT2D eigenvalue weighted by Crippen LogP contribution is 2.31. The molecule has 0 bridgehead atoms. The quantitative estimate of drug-likeness (QED) is 0.562. The summed E-state index contributed by atoms with van der Waals surface area (Å²) < 4.78 is 28.2. The van der Waals surface area contributed by atoms with Gasteiger partial charge in [0.25, 0.3) is 0 Å². The zero-order chi connectivity index (χ0) is 16.7. The van der Waals surface area contributed by atoms with E-state index < -0.39 is 11.6 Å². The molecule has 2 rings (SSSR count). The van der Waals surface area contributed by atoms with Gasteiger partial charge in [0, 0.05) is 5.92 Å². The van der Waals surface area contributed by atoms with E-state index in [4.69, 9.17) is 0 Å². The molecule has 2 heteroatoms. The molecule has 0 amide bonds. The molecular formula is C21H28F2. The van der Waals surface area contributed by atoms with Crippen molar-refractivity contribution >= 4 is 0 Å². The summed E-state index contributed by atoms with van der Waals surface area (Å²) in [6.45, 7) is 4.30. The molecule has 1 aromatic rings. The maximum atomic E-state index is 14.1. The van der Waals surface area contributed by atoms with Gasteiger partial charge in [-0.1, -0.05) is 45.0 Å². The molecule has 0 radical (unpaired) electrons. The first-order valence-electron chi connectivity index (χ1n) is 9.13. The lowest BCUT2D eigenvalue weighted by Crippen LogP contribution is -2.13. The zero-order valence-corrected chi connectivity index (χ0v) is 14.4. The molecular weight excluding hydrogens is 290 g/mol. The molecule has 23 heavy (non-hydrogen) atoms. The van der Waals surface area contributed by atoms with Crippen LogP contribution in [0.15, 0.2) is 12.1 Å². The van der Waals surface area contributed by atoms with Crippen molar-refractivity contribution in [2.75, 3.05) is 0 Å². The number of halogens is 2. The van der Waals surface area contributed by atoms with Crippen molar-refractivity contribution in [3.63, 3.8) is 0 Å². The Morgan fingerprint density at radius 3 is 2.22 bits per heavy atom. The topological polar surface area (TPSA) is 0 Å². The van der Waals surface area contributed by atoms with E-state index in [9.17, 15) is 8.78 Å². The second kappa shape index (κ2) is 9.06. The van der Waals surface area contributed by atoms with Gasteiger partial charge in [0.2, 0.25) is 0 Å². The van der Waals surface area contributed by atoms with Crippen molar-refractivity contribution in [3.05, 3.63) is 34.9 Å². The van der Waals surface area contributed by atoms with Crippen molar-refractivity contribution in [2.24, 2.45) is 11.8 Å². The summed E-state index contributed by atoms with van der Waals surface area (Å²) in [6.07, 6.45) is 9.76. The predicted octanol–water partition coefficient (Wildman–Crippen LogP) is 6.27. The van der Waals surface area contributed by atoms with Crippen molar-refractivity contribution in [1.29, 1.82) is 0 Å². The molecule has 0 N–H and O–H groups in total. The highest BCUT2D eigenvalue weighted by Gasteiger charge is 2.19. The van der Waals surface area contributed by atoms with Crippen LogP contribution in [0.4, 0.5) is 8.78 Å². The summed E-state index contributed by atoms with van der Waals surface area (Å²) in [5.74, 6) is 5.99. The molecule has 0 heterocycles. The molecule has 0 nitrogen and oxygen atoms in total. The first-order chi connectivity index (χ1) is 11.1. The third kappa shape index (κ3) is 5.34. The lowest BCUT2D eigenvalue weighted by Gasteiger charge is -2.25. The number of unbranched alkanes of at least 4 members (excludes halogenated alkanes) is 1. The van der Waals surface area contributed by atoms with Crippen LogP contribution in [0, 0.1) is 35.3 Å². The van der Waals surface area contributed by atoms with Gasteiger partial charge in [-0.05, 0) is 62.1 Å². The Morgan fingerprint density at radius 2 is 1.65 bits per heavy atom. The number of hydrogen-bond donors (Lipinski definition) is 0. The second-order valence-corrected chi connectivity index (χ2v) is 6.81. The van der Waals surface area contributed by atoms with Crippen LogP contribution in [0.1, 0.15) is 76.3 Å². The third-order valence-electron chi connectivity index (χ3n) is 4.87. The molecule has 0 unspecified atom stereocenters. The van der Waals surface area contributed by atoms with Crippen molar-refractivity contribution in [2.45, 2.75) is 71.6 Å². The van der Waals surface area contributed by atoms with Gasteiger partial charge in [-0.25, -0.2) is 8.78 Å². The molecule has 0 aliphatic heterocycles. The van der Waals surface area contributed by atoms with Crippen molar-refractivity contribution in [3.8, 4) is 11.8 Å². The van der Waals surface area contributed by atoms with Crippen LogP contribution < -0.4 is 0 Å². The Kier molecular flexibility index (Phi) is 7.09. The second-order valence-electron chi connectivity index (χ2n) is 6.81.